The smallest absolute Gasteiger partial charge is 0.120 e. The van der Waals surface area contributed by atoms with Gasteiger partial charge in [0.25, 0.3) is 0 Å². The lowest BCUT2D eigenvalue weighted by Crippen LogP contribution is -2.24. The van der Waals surface area contributed by atoms with Crippen LogP contribution in [-0.4, -0.2) is 5.11 Å². The third-order valence-electron chi connectivity index (χ3n) is 3.59. The predicted molar refractivity (Wildman–Crippen MR) is 91.8 cm³/mol. The molecule has 2 atom stereocenters. The summed E-state index contributed by atoms with van der Waals surface area (Å²) in [5.41, 5.74) is 2.08. The van der Waals surface area contributed by atoms with E-state index in [1.54, 1.807) is 6.07 Å². The van der Waals surface area contributed by atoms with Crippen LogP contribution in [0.1, 0.15) is 43.5 Å². The Bertz CT molecular complexity index is 600. The van der Waals surface area contributed by atoms with Crippen molar-refractivity contribution in [3.63, 3.8) is 0 Å². The molecular weight excluding hydrogens is 350 g/mol. The molecule has 2 N–H and O–H groups in total. The van der Waals surface area contributed by atoms with E-state index < -0.39 is 0 Å². The number of nitrogens with one attached hydrogen (secondary N) is 1. The molecule has 21 heavy (non-hydrogen) atoms. The molecule has 0 bridgehead atoms. The summed E-state index contributed by atoms with van der Waals surface area (Å²) in [6, 6.07) is 13.6. The summed E-state index contributed by atoms with van der Waals surface area (Å²) >= 11 is 9.38. The Kier molecular flexibility index (Phi) is 5.68. The maximum absolute atomic E-state index is 10.1. The van der Waals surface area contributed by atoms with Crippen molar-refractivity contribution in [2.24, 2.45) is 0 Å². The van der Waals surface area contributed by atoms with Gasteiger partial charge in [-0.1, -0.05) is 46.6 Å². The van der Waals surface area contributed by atoms with Gasteiger partial charge in [-0.15, -0.1) is 0 Å². The number of phenolic OH excluding ortho intramolecular Hbond substituents is 1. The molecule has 0 aromatic heterocycles. The monoisotopic (exact) mass is 367 g/mol. The topological polar surface area (TPSA) is 32.3 Å². The second-order valence-corrected chi connectivity index (χ2v) is 6.46. The summed E-state index contributed by atoms with van der Waals surface area (Å²) in [5, 5.41) is 14.4. The van der Waals surface area contributed by atoms with Gasteiger partial charge in [0.15, 0.2) is 0 Å². The number of benzene rings is 2. The van der Waals surface area contributed by atoms with E-state index in [4.69, 9.17) is 11.6 Å². The normalized spacial score (nSPS) is 13.9. The van der Waals surface area contributed by atoms with Crippen molar-refractivity contribution in [3.05, 3.63) is 63.1 Å². The first-order valence-corrected chi connectivity index (χ1v) is 8.18. The Hall–Kier alpha value is -1.03. The fourth-order valence-corrected chi connectivity index (χ4v) is 2.89. The first-order valence-electron chi connectivity index (χ1n) is 7.01. The van der Waals surface area contributed by atoms with Crippen molar-refractivity contribution in [2.45, 2.75) is 32.4 Å². The molecule has 0 fully saturated rings. The number of halogens is 2. The van der Waals surface area contributed by atoms with Gasteiger partial charge in [-0.05, 0) is 49.2 Å². The Morgan fingerprint density at radius 2 is 1.86 bits per heavy atom. The van der Waals surface area contributed by atoms with Crippen LogP contribution in [0.3, 0.4) is 0 Å². The molecule has 4 heteroatoms. The Morgan fingerprint density at radius 3 is 2.48 bits per heavy atom. The highest BCUT2D eigenvalue weighted by molar-refractivity contribution is 9.10. The van der Waals surface area contributed by atoms with Crippen LogP contribution >= 0.6 is 27.5 Å². The summed E-state index contributed by atoms with van der Waals surface area (Å²) < 4.78 is 0.967. The number of phenols is 1. The van der Waals surface area contributed by atoms with Gasteiger partial charge in [0.1, 0.15) is 5.75 Å². The summed E-state index contributed by atoms with van der Waals surface area (Å²) in [6.45, 7) is 4.22. The van der Waals surface area contributed by atoms with E-state index >= 15 is 0 Å². The van der Waals surface area contributed by atoms with Gasteiger partial charge in [-0.2, -0.15) is 0 Å². The lowest BCUT2D eigenvalue weighted by atomic mass is 10.0. The first kappa shape index (κ1) is 16.3. The molecule has 0 aliphatic carbocycles. The molecule has 0 saturated heterocycles. The highest BCUT2D eigenvalue weighted by atomic mass is 79.9. The van der Waals surface area contributed by atoms with E-state index in [-0.39, 0.29) is 12.1 Å². The minimum absolute atomic E-state index is 0.0909. The summed E-state index contributed by atoms with van der Waals surface area (Å²) in [5.74, 6) is 0.320. The van der Waals surface area contributed by atoms with Crippen LogP contribution in [-0.2, 0) is 0 Å². The maximum atomic E-state index is 10.1. The molecule has 0 radical (unpaired) electrons. The van der Waals surface area contributed by atoms with Crippen LogP contribution in [0.4, 0.5) is 0 Å². The molecule has 0 saturated carbocycles. The summed E-state index contributed by atoms with van der Waals surface area (Å²) in [7, 11) is 0. The molecule has 0 aliphatic heterocycles. The van der Waals surface area contributed by atoms with Crippen molar-refractivity contribution in [1.82, 2.24) is 5.32 Å². The molecule has 0 spiro atoms. The standard InChI is InChI=1S/C17H19BrClNO/c1-3-16(15-10-13(18)6-9-17(15)21)20-11(2)12-4-7-14(19)8-5-12/h4-11,16,20-21H,3H2,1-2H3/t11-,16?/m1/s1. The van der Waals surface area contributed by atoms with E-state index in [1.165, 1.54) is 5.56 Å². The van der Waals surface area contributed by atoms with Gasteiger partial charge < -0.3 is 10.4 Å². The summed E-state index contributed by atoms with van der Waals surface area (Å²) in [6.07, 6.45) is 0.891. The SMILES string of the molecule is CCC(N[C@H](C)c1ccc(Cl)cc1)c1cc(Br)ccc1O. The molecule has 0 amide bonds. The fourth-order valence-electron chi connectivity index (χ4n) is 2.38. The number of aromatic hydroxyl groups is 1. The second-order valence-electron chi connectivity index (χ2n) is 5.10. The van der Waals surface area contributed by atoms with Crippen LogP contribution in [0.5, 0.6) is 5.75 Å². The molecule has 1 unspecified atom stereocenters. The average Bonchev–Trinajstić information content (AvgIpc) is 2.48. The molecule has 0 heterocycles. The van der Waals surface area contributed by atoms with Crippen LogP contribution in [0.15, 0.2) is 46.9 Å². The molecular formula is C17H19BrClNO. The van der Waals surface area contributed by atoms with Crippen LogP contribution in [0, 0.1) is 0 Å². The van der Waals surface area contributed by atoms with Gasteiger partial charge in [0, 0.05) is 27.1 Å². The van der Waals surface area contributed by atoms with Crippen LogP contribution < -0.4 is 5.32 Å². The van der Waals surface area contributed by atoms with E-state index in [1.807, 2.05) is 36.4 Å². The Morgan fingerprint density at radius 1 is 1.19 bits per heavy atom. The number of hydrogen-bond donors (Lipinski definition) is 2. The Labute approximate surface area is 139 Å². The predicted octanol–water partition coefficient (Wildman–Crippen LogP) is 5.61. The van der Waals surface area contributed by atoms with E-state index in [0.29, 0.717) is 5.75 Å². The highest BCUT2D eigenvalue weighted by Crippen LogP contribution is 2.31. The zero-order valence-electron chi connectivity index (χ0n) is 12.1. The largest absolute Gasteiger partial charge is 0.508 e. The lowest BCUT2D eigenvalue weighted by Gasteiger charge is -2.24. The second kappa shape index (κ2) is 7.30. The van der Waals surface area contributed by atoms with E-state index in [9.17, 15) is 5.11 Å². The van der Waals surface area contributed by atoms with Gasteiger partial charge >= 0.3 is 0 Å². The van der Waals surface area contributed by atoms with Crippen LogP contribution in [0.2, 0.25) is 5.02 Å². The van der Waals surface area contributed by atoms with Crippen LogP contribution in [0.25, 0.3) is 0 Å². The number of hydrogen-bond acceptors (Lipinski definition) is 2. The van der Waals surface area contributed by atoms with Crippen molar-refractivity contribution in [1.29, 1.82) is 0 Å². The highest BCUT2D eigenvalue weighted by Gasteiger charge is 2.17. The molecule has 2 aromatic carbocycles. The van der Waals surface area contributed by atoms with Crippen molar-refractivity contribution >= 4 is 27.5 Å². The third kappa shape index (κ3) is 4.22. The first-order chi connectivity index (χ1) is 10.0. The molecule has 2 aromatic rings. The van der Waals surface area contributed by atoms with Gasteiger partial charge in [0.05, 0.1) is 0 Å². The van der Waals surface area contributed by atoms with Crippen molar-refractivity contribution in [2.75, 3.05) is 0 Å². The molecule has 0 aliphatic rings. The van der Waals surface area contributed by atoms with Gasteiger partial charge in [-0.3, -0.25) is 0 Å². The average molecular weight is 369 g/mol. The minimum atomic E-state index is 0.0909. The fraction of sp³-hybridized carbons (Fsp3) is 0.294. The van der Waals surface area contributed by atoms with Gasteiger partial charge in [0.2, 0.25) is 0 Å². The third-order valence-corrected chi connectivity index (χ3v) is 4.34. The molecule has 112 valence electrons. The minimum Gasteiger partial charge on any atom is -0.508 e. The molecule has 2 nitrogen and oxygen atoms in total. The van der Waals surface area contributed by atoms with Crippen molar-refractivity contribution < 1.29 is 5.11 Å². The van der Waals surface area contributed by atoms with Crippen molar-refractivity contribution in [3.8, 4) is 5.75 Å². The summed E-state index contributed by atoms with van der Waals surface area (Å²) in [4.78, 5) is 0. The zero-order valence-corrected chi connectivity index (χ0v) is 14.4. The molecule has 2 rings (SSSR count). The lowest BCUT2D eigenvalue weighted by molar-refractivity contribution is 0.419. The van der Waals surface area contributed by atoms with Gasteiger partial charge in [-0.25, -0.2) is 0 Å². The Balaban J connectivity index is 2.18. The maximum Gasteiger partial charge on any atom is 0.120 e. The zero-order chi connectivity index (χ0) is 15.4. The number of rotatable bonds is 5. The van der Waals surface area contributed by atoms with E-state index in [2.05, 4.69) is 35.1 Å². The quantitative estimate of drug-likeness (QED) is 0.719. The van der Waals surface area contributed by atoms with E-state index in [0.717, 1.165) is 21.5 Å².